The van der Waals surface area contributed by atoms with Gasteiger partial charge in [-0.2, -0.15) is 5.26 Å². The zero-order valence-electron chi connectivity index (χ0n) is 12.7. The zero-order valence-corrected chi connectivity index (χ0v) is 12.7. The Balaban J connectivity index is 0.000000299. The summed E-state index contributed by atoms with van der Waals surface area (Å²) in [5, 5.41) is 11.9. The van der Waals surface area contributed by atoms with Crippen molar-refractivity contribution in [2.24, 2.45) is 0 Å². The van der Waals surface area contributed by atoms with Crippen LogP contribution in [0.15, 0.2) is 48.5 Å². The van der Waals surface area contributed by atoms with Crippen LogP contribution >= 0.6 is 0 Å². The number of rotatable bonds is 3. The van der Waals surface area contributed by atoms with E-state index in [0.29, 0.717) is 11.3 Å². The van der Waals surface area contributed by atoms with Crippen LogP contribution in [-0.4, -0.2) is 20.2 Å². The molecule has 2 aromatic carbocycles. The van der Waals surface area contributed by atoms with Gasteiger partial charge in [0.2, 0.25) is 0 Å². The second-order valence-corrected chi connectivity index (χ2v) is 4.87. The minimum atomic E-state index is 0.618. The molecule has 0 radical (unpaired) electrons. The van der Waals surface area contributed by atoms with Gasteiger partial charge in [-0.1, -0.05) is 0 Å². The first-order valence-electron chi connectivity index (χ1n) is 7.34. The maximum Gasteiger partial charge on any atom is 0.127 e. The molecule has 114 valence electrons. The van der Waals surface area contributed by atoms with E-state index in [1.54, 1.807) is 31.4 Å². The van der Waals surface area contributed by atoms with Gasteiger partial charge in [0.15, 0.2) is 0 Å². The normalized spacial score (nSPS) is 12.7. The molecule has 4 nitrogen and oxygen atoms in total. The van der Waals surface area contributed by atoms with E-state index in [4.69, 9.17) is 14.7 Å². The number of benzene rings is 2. The quantitative estimate of drug-likeness (QED) is 0.937. The van der Waals surface area contributed by atoms with Crippen LogP contribution in [0.3, 0.4) is 0 Å². The van der Waals surface area contributed by atoms with Crippen LogP contribution in [-0.2, 0) is 0 Å². The van der Waals surface area contributed by atoms with Gasteiger partial charge in [0.05, 0.1) is 18.7 Å². The second kappa shape index (κ2) is 8.71. The molecule has 0 unspecified atom stereocenters. The molecule has 0 saturated carbocycles. The van der Waals surface area contributed by atoms with E-state index >= 15 is 0 Å². The molecule has 0 spiro atoms. The first kappa shape index (κ1) is 15.9. The molecule has 0 atom stereocenters. The van der Waals surface area contributed by atoms with E-state index in [1.165, 1.54) is 25.9 Å². The fraction of sp³-hybridized carbons (Fsp3) is 0.278. The maximum absolute atomic E-state index is 8.67. The summed E-state index contributed by atoms with van der Waals surface area (Å²) < 4.78 is 10.7. The second-order valence-electron chi connectivity index (χ2n) is 4.87. The Bertz CT molecular complexity index is 589. The van der Waals surface area contributed by atoms with Crippen molar-refractivity contribution in [2.75, 3.05) is 20.2 Å². The molecule has 1 heterocycles. The lowest BCUT2D eigenvalue weighted by Crippen LogP contribution is -2.03. The molecule has 1 aliphatic rings. The van der Waals surface area contributed by atoms with E-state index in [2.05, 4.69) is 11.4 Å². The fourth-order valence-corrected chi connectivity index (χ4v) is 2.00. The van der Waals surface area contributed by atoms with Crippen LogP contribution in [0.2, 0.25) is 0 Å². The SMILES string of the molecule is C1CCNC1.COc1ccc(Oc2ccc(C#N)cc2)cc1. The van der Waals surface area contributed by atoms with E-state index < -0.39 is 0 Å². The Labute approximate surface area is 131 Å². The lowest BCUT2D eigenvalue weighted by atomic mass is 10.2. The highest BCUT2D eigenvalue weighted by molar-refractivity contribution is 5.38. The summed E-state index contributed by atoms with van der Waals surface area (Å²) in [5.41, 5.74) is 0.618. The minimum absolute atomic E-state index is 0.618. The Kier molecular flexibility index (Phi) is 6.28. The van der Waals surface area contributed by atoms with Crippen LogP contribution < -0.4 is 14.8 Å². The Hall–Kier alpha value is -2.51. The lowest BCUT2D eigenvalue weighted by molar-refractivity contribution is 0.413. The van der Waals surface area contributed by atoms with Crippen molar-refractivity contribution in [3.05, 3.63) is 54.1 Å². The molecular formula is C18H20N2O2. The van der Waals surface area contributed by atoms with Crippen LogP contribution in [0.5, 0.6) is 17.2 Å². The van der Waals surface area contributed by atoms with E-state index in [9.17, 15) is 0 Å². The Morgan fingerprint density at radius 1 is 0.864 bits per heavy atom. The first-order valence-corrected chi connectivity index (χ1v) is 7.34. The summed E-state index contributed by atoms with van der Waals surface area (Å²) in [6.07, 6.45) is 2.78. The molecule has 22 heavy (non-hydrogen) atoms. The van der Waals surface area contributed by atoms with Crippen molar-refractivity contribution in [1.29, 1.82) is 5.26 Å². The zero-order chi connectivity index (χ0) is 15.6. The topological polar surface area (TPSA) is 54.3 Å². The molecule has 3 rings (SSSR count). The number of hydrogen-bond donors (Lipinski definition) is 1. The molecule has 1 aliphatic heterocycles. The third kappa shape index (κ3) is 5.12. The Morgan fingerprint density at radius 2 is 1.36 bits per heavy atom. The predicted molar refractivity (Wildman–Crippen MR) is 86.3 cm³/mol. The summed E-state index contributed by atoms with van der Waals surface area (Å²) in [6, 6.07) is 16.4. The monoisotopic (exact) mass is 296 g/mol. The Morgan fingerprint density at radius 3 is 1.77 bits per heavy atom. The average Bonchev–Trinajstić information content (AvgIpc) is 3.16. The molecule has 1 fully saturated rings. The highest BCUT2D eigenvalue weighted by atomic mass is 16.5. The van der Waals surface area contributed by atoms with Crippen LogP contribution in [0.1, 0.15) is 18.4 Å². The molecule has 1 saturated heterocycles. The van der Waals surface area contributed by atoms with Crippen molar-refractivity contribution in [1.82, 2.24) is 5.32 Å². The first-order chi connectivity index (χ1) is 10.8. The van der Waals surface area contributed by atoms with Crippen molar-refractivity contribution < 1.29 is 9.47 Å². The minimum Gasteiger partial charge on any atom is -0.497 e. The van der Waals surface area contributed by atoms with E-state index in [1.807, 2.05) is 24.3 Å². The van der Waals surface area contributed by atoms with Crippen LogP contribution in [0, 0.1) is 11.3 Å². The summed E-state index contributed by atoms with van der Waals surface area (Å²) in [4.78, 5) is 0. The van der Waals surface area contributed by atoms with Crippen LogP contribution in [0.4, 0.5) is 0 Å². The number of nitriles is 1. The van der Waals surface area contributed by atoms with Gasteiger partial charge in [-0.3, -0.25) is 0 Å². The maximum atomic E-state index is 8.67. The molecule has 1 N–H and O–H groups in total. The average molecular weight is 296 g/mol. The summed E-state index contributed by atoms with van der Waals surface area (Å²) in [5.74, 6) is 2.22. The molecule has 0 amide bonds. The molecular weight excluding hydrogens is 276 g/mol. The molecule has 0 bridgehead atoms. The summed E-state index contributed by atoms with van der Waals surface area (Å²) in [6.45, 7) is 2.50. The third-order valence-corrected chi connectivity index (χ3v) is 3.24. The van der Waals surface area contributed by atoms with Crippen molar-refractivity contribution in [3.63, 3.8) is 0 Å². The predicted octanol–water partition coefficient (Wildman–Crippen LogP) is 3.73. The van der Waals surface area contributed by atoms with Gasteiger partial charge in [-0.25, -0.2) is 0 Å². The molecule has 0 aromatic heterocycles. The highest BCUT2D eigenvalue weighted by Gasteiger charge is 1.98. The number of hydrogen-bond acceptors (Lipinski definition) is 4. The lowest BCUT2D eigenvalue weighted by Gasteiger charge is -2.06. The number of ether oxygens (including phenoxy) is 2. The van der Waals surface area contributed by atoms with Crippen molar-refractivity contribution >= 4 is 0 Å². The smallest absolute Gasteiger partial charge is 0.127 e. The summed E-state index contributed by atoms with van der Waals surface area (Å²) in [7, 11) is 1.62. The number of nitrogens with one attached hydrogen (secondary N) is 1. The van der Waals surface area contributed by atoms with E-state index in [0.717, 1.165) is 11.5 Å². The van der Waals surface area contributed by atoms with Gasteiger partial charge >= 0.3 is 0 Å². The van der Waals surface area contributed by atoms with Crippen molar-refractivity contribution in [2.45, 2.75) is 12.8 Å². The van der Waals surface area contributed by atoms with Gasteiger partial charge in [0, 0.05) is 0 Å². The van der Waals surface area contributed by atoms with Gasteiger partial charge in [0.1, 0.15) is 17.2 Å². The molecule has 0 aliphatic carbocycles. The molecule has 4 heteroatoms. The van der Waals surface area contributed by atoms with Gasteiger partial charge < -0.3 is 14.8 Å². The fourth-order valence-electron chi connectivity index (χ4n) is 2.00. The largest absolute Gasteiger partial charge is 0.497 e. The van der Waals surface area contributed by atoms with Gasteiger partial charge in [-0.05, 0) is 74.5 Å². The number of nitrogens with zero attached hydrogens (tertiary/aromatic N) is 1. The van der Waals surface area contributed by atoms with Gasteiger partial charge in [-0.15, -0.1) is 0 Å². The molecule has 2 aromatic rings. The number of methoxy groups -OCH3 is 1. The van der Waals surface area contributed by atoms with Crippen molar-refractivity contribution in [3.8, 4) is 23.3 Å². The van der Waals surface area contributed by atoms with Gasteiger partial charge in [0.25, 0.3) is 0 Å². The standard InChI is InChI=1S/C14H11NO2.C4H9N/c1-16-12-6-8-14(9-7-12)17-13-4-2-11(10-15)3-5-13;1-2-4-5-3-1/h2-9H,1H3;5H,1-4H2. The third-order valence-electron chi connectivity index (χ3n) is 3.24. The summed E-state index contributed by atoms with van der Waals surface area (Å²) >= 11 is 0. The highest BCUT2D eigenvalue weighted by Crippen LogP contribution is 2.23. The van der Waals surface area contributed by atoms with E-state index in [-0.39, 0.29) is 0 Å². The van der Waals surface area contributed by atoms with Crippen LogP contribution in [0.25, 0.3) is 0 Å².